The van der Waals surface area contributed by atoms with Crippen LogP contribution >= 0.6 is 11.9 Å². The highest BCUT2D eigenvalue weighted by Gasteiger charge is 2.56. The number of hydrogen-bond acceptors (Lipinski definition) is 9. The number of carboxylic acid groups (broad SMARTS) is 1. The van der Waals surface area contributed by atoms with Crippen LogP contribution in [-0.4, -0.2) is 55.4 Å². The number of nitrogens with zero attached hydrogens (tertiary/aromatic N) is 3. The van der Waals surface area contributed by atoms with Crippen LogP contribution in [0, 0.1) is 30.6 Å². The lowest BCUT2D eigenvalue weighted by atomic mass is 9.47. The second-order valence-corrected chi connectivity index (χ2v) is 15.7. The van der Waals surface area contributed by atoms with Gasteiger partial charge in [-0.3, -0.25) is 4.72 Å². The van der Waals surface area contributed by atoms with Crippen molar-refractivity contribution in [2.24, 2.45) is 16.7 Å². The molecule has 2 heterocycles. The number of aromatic carboxylic acids is 1. The van der Waals surface area contributed by atoms with Crippen molar-refractivity contribution in [1.29, 1.82) is 0 Å². The van der Waals surface area contributed by atoms with Gasteiger partial charge in [-0.1, -0.05) is 45.0 Å². The number of nitrogens with one attached hydrogen (secondary N) is 2. The molecule has 3 aromatic rings. The third kappa shape index (κ3) is 8.34. The summed E-state index contributed by atoms with van der Waals surface area (Å²) in [4.78, 5) is 25.1. The van der Waals surface area contributed by atoms with Crippen LogP contribution < -0.4 is 14.8 Å². The highest BCUT2D eigenvalue weighted by molar-refractivity contribution is 8.00. The molecular formula is C35H47N5O4S. The minimum absolute atomic E-state index is 0.0276. The van der Waals surface area contributed by atoms with Gasteiger partial charge >= 0.3 is 5.97 Å². The zero-order valence-electron chi connectivity index (χ0n) is 27.5. The molecule has 2 aliphatic rings. The van der Waals surface area contributed by atoms with Gasteiger partial charge in [0.2, 0.25) is 11.8 Å². The van der Waals surface area contributed by atoms with Gasteiger partial charge in [-0.2, -0.15) is 4.98 Å². The fourth-order valence-electron chi connectivity index (χ4n) is 6.93. The molecule has 2 aliphatic carbocycles. The van der Waals surface area contributed by atoms with Crippen LogP contribution in [0.3, 0.4) is 0 Å². The zero-order chi connectivity index (χ0) is 32.6. The molecule has 1 spiro atoms. The van der Waals surface area contributed by atoms with E-state index in [1.807, 2.05) is 26.0 Å². The van der Waals surface area contributed by atoms with E-state index in [0.29, 0.717) is 40.8 Å². The van der Waals surface area contributed by atoms with Crippen LogP contribution in [-0.2, 0) is 0 Å². The van der Waals surface area contributed by atoms with Crippen molar-refractivity contribution in [3.05, 3.63) is 59.3 Å². The van der Waals surface area contributed by atoms with Gasteiger partial charge in [0.25, 0.3) is 0 Å². The Balaban J connectivity index is 1.31. The summed E-state index contributed by atoms with van der Waals surface area (Å²) < 4.78 is 9.59. The van der Waals surface area contributed by atoms with Crippen molar-refractivity contribution in [1.82, 2.24) is 20.3 Å². The molecule has 4 N–H and O–H groups in total. The number of ether oxygens (including phenoxy) is 1. The van der Waals surface area contributed by atoms with Crippen molar-refractivity contribution in [3.8, 4) is 17.1 Å². The molecular weight excluding hydrogens is 586 g/mol. The van der Waals surface area contributed by atoms with E-state index in [1.165, 1.54) is 6.07 Å². The lowest BCUT2D eigenvalue weighted by Crippen LogP contribution is -2.60. The summed E-state index contributed by atoms with van der Waals surface area (Å²) in [5.74, 6) is 0.137. The highest BCUT2D eigenvalue weighted by Crippen LogP contribution is 2.61. The maximum Gasteiger partial charge on any atom is 0.354 e. The van der Waals surface area contributed by atoms with E-state index in [1.54, 1.807) is 12.1 Å². The summed E-state index contributed by atoms with van der Waals surface area (Å²) in [5, 5.41) is 24.1. The van der Waals surface area contributed by atoms with Crippen molar-refractivity contribution < 1.29 is 19.7 Å². The Bertz CT molecular complexity index is 1500. The Morgan fingerprint density at radius 2 is 1.69 bits per heavy atom. The molecule has 10 heteroatoms. The van der Waals surface area contributed by atoms with Gasteiger partial charge in [0.15, 0.2) is 0 Å². The lowest BCUT2D eigenvalue weighted by Gasteiger charge is -2.61. The summed E-state index contributed by atoms with van der Waals surface area (Å²) in [5.41, 5.74) is 3.85. The Hall–Kier alpha value is -3.21. The third-order valence-electron chi connectivity index (χ3n) is 9.11. The number of carboxylic acids is 1. The number of rotatable bonds is 12. The van der Waals surface area contributed by atoms with E-state index < -0.39 is 11.6 Å². The third-order valence-corrected chi connectivity index (χ3v) is 9.83. The molecule has 0 bridgehead atoms. The molecule has 2 saturated carbocycles. The summed E-state index contributed by atoms with van der Waals surface area (Å²) >= 11 is 1.15. The van der Waals surface area contributed by atoms with Gasteiger partial charge in [-0.25, -0.2) is 14.8 Å². The molecule has 1 atom stereocenters. The van der Waals surface area contributed by atoms with Crippen LogP contribution in [0.1, 0.15) is 88.3 Å². The van der Waals surface area contributed by atoms with Crippen LogP contribution in [0.15, 0.2) is 47.5 Å². The van der Waals surface area contributed by atoms with Crippen molar-refractivity contribution >= 4 is 23.9 Å². The summed E-state index contributed by atoms with van der Waals surface area (Å²) in [6.07, 6.45) is 5.46. The number of pyridine rings is 1. The smallest absolute Gasteiger partial charge is 0.354 e. The predicted octanol–water partition coefficient (Wildman–Crippen LogP) is 7.08. The van der Waals surface area contributed by atoms with Gasteiger partial charge in [0.05, 0.1) is 11.3 Å². The Morgan fingerprint density at radius 1 is 1.02 bits per heavy atom. The average Bonchev–Trinajstić information content (AvgIpc) is 2.89. The first-order chi connectivity index (χ1) is 21.1. The first-order valence-electron chi connectivity index (χ1n) is 15.8. The number of carbonyl (C=O) groups is 1. The van der Waals surface area contributed by atoms with Gasteiger partial charge in [-0.05, 0) is 99.8 Å². The molecule has 2 fully saturated rings. The van der Waals surface area contributed by atoms with E-state index in [9.17, 15) is 15.0 Å². The second-order valence-electron chi connectivity index (χ2n) is 14.9. The van der Waals surface area contributed by atoms with E-state index in [2.05, 4.69) is 66.8 Å². The van der Waals surface area contributed by atoms with E-state index in [-0.39, 0.29) is 17.2 Å². The standard InChI is InChI=1S/C35H47N5O4S/c1-21-10-8-11-22(2)30(21)27-14-28(39-32(38-27)40-45-29-13-9-12-26(37-29)31(41)42)44-20-25(17-33(3,4)5)36-24-18-35(19-24)15-23(16-35)34(6,7)43/h8-14,23-25,36,43H,15-20H2,1-7H3,(H,41,42)(H,38,39,40)/t23?,24?,25-,35?/m1/s1. The molecule has 0 amide bonds. The summed E-state index contributed by atoms with van der Waals surface area (Å²) in [6, 6.07) is 13.5. The second kappa shape index (κ2) is 12.9. The molecule has 0 unspecified atom stereocenters. The topological polar surface area (TPSA) is 129 Å². The zero-order valence-corrected chi connectivity index (χ0v) is 28.3. The molecule has 242 valence electrons. The maximum atomic E-state index is 11.4. The monoisotopic (exact) mass is 633 g/mol. The number of hydrogen-bond donors (Lipinski definition) is 4. The van der Waals surface area contributed by atoms with Gasteiger partial charge in [0, 0.05) is 35.7 Å². The fraction of sp³-hybridized carbons (Fsp3) is 0.543. The van der Waals surface area contributed by atoms with Crippen molar-refractivity contribution in [2.45, 2.75) is 103 Å². The van der Waals surface area contributed by atoms with E-state index in [0.717, 1.165) is 66.4 Å². The van der Waals surface area contributed by atoms with Gasteiger partial charge < -0.3 is 20.3 Å². The Kier molecular flexibility index (Phi) is 9.50. The van der Waals surface area contributed by atoms with Crippen molar-refractivity contribution in [2.75, 3.05) is 11.3 Å². The van der Waals surface area contributed by atoms with E-state index >= 15 is 0 Å². The Labute approximate surface area is 271 Å². The van der Waals surface area contributed by atoms with Crippen LogP contribution in [0.25, 0.3) is 11.3 Å². The minimum atomic E-state index is -1.08. The minimum Gasteiger partial charge on any atom is -0.477 e. The maximum absolute atomic E-state index is 11.4. The fourth-order valence-corrected chi connectivity index (χ4v) is 7.50. The number of benzene rings is 1. The van der Waals surface area contributed by atoms with Gasteiger partial charge in [0.1, 0.15) is 17.3 Å². The summed E-state index contributed by atoms with van der Waals surface area (Å²) in [7, 11) is 0. The molecule has 9 nitrogen and oxygen atoms in total. The molecule has 0 aliphatic heterocycles. The van der Waals surface area contributed by atoms with E-state index in [4.69, 9.17) is 9.72 Å². The number of aliphatic hydroxyl groups is 1. The molecule has 0 saturated heterocycles. The highest BCUT2D eigenvalue weighted by atomic mass is 32.2. The SMILES string of the molecule is Cc1cccc(C)c1-c1cc(OC[C@@H](CC(C)(C)C)NC2CC3(C2)CC(C(C)(C)O)C3)nc(NSc2cccc(C(=O)O)n2)n1. The van der Waals surface area contributed by atoms with Crippen molar-refractivity contribution in [3.63, 3.8) is 0 Å². The quantitative estimate of drug-likeness (QED) is 0.154. The molecule has 2 aromatic heterocycles. The summed E-state index contributed by atoms with van der Waals surface area (Å²) in [6.45, 7) is 15.2. The lowest BCUT2D eigenvalue weighted by molar-refractivity contribution is -0.130. The molecule has 5 rings (SSSR count). The molecule has 45 heavy (non-hydrogen) atoms. The van der Waals surface area contributed by atoms with Crippen LogP contribution in [0.5, 0.6) is 5.88 Å². The number of aryl methyl sites for hydroxylation is 2. The number of anilines is 1. The predicted molar refractivity (Wildman–Crippen MR) is 179 cm³/mol. The molecule has 0 radical (unpaired) electrons. The van der Waals surface area contributed by atoms with Gasteiger partial charge in [-0.15, -0.1) is 0 Å². The first-order valence-corrected chi connectivity index (χ1v) is 16.6. The average molecular weight is 634 g/mol. The largest absolute Gasteiger partial charge is 0.477 e. The molecule has 1 aromatic carbocycles. The first kappa shape index (κ1) is 33.2. The van der Waals surface area contributed by atoms with Crippen LogP contribution in [0.2, 0.25) is 0 Å². The Morgan fingerprint density at radius 3 is 2.31 bits per heavy atom. The number of aromatic nitrogens is 3. The normalized spacial score (nSPS) is 22.0. The van der Waals surface area contributed by atoms with Crippen LogP contribution in [0.4, 0.5) is 5.95 Å².